The van der Waals surface area contributed by atoms with Crippen molar-refractivity contribution in [3.8, 4) is 22.3 Å². The Morgan fingerprint density at radius 1 is 0.541 bits per heavy atom. The van der Waals surface area contributed by atoms with Gasteiger partial charge in [0.25, 0.3) is 6.71 Å². The van der Waals surface area contributed by atoms with Crippen molar-refractivity contribution < 1.29 is 0 Å². The molecule has 0 fully saturated rings. The molecule has 0 atom stereocenters. The molecule has 4 heteroatoms. The molecular weight excluding hydrogens is 756 g/mol. The number of anilines is 6. The summed E-state index contributed by atoms with van der Waals surface area (Å²) in [5, 5.41) is 0. The van der Waals surface area contributed by atoms with Crippen LogP contribution in [0.5, 0.6) is 0 Å². The summed E-state index contributed by atoms with van der Waals surface area (Å²) in [6, 6.07) is 50.9. The van der Waals surface area contributed by atoms with Gasteiger partial charge in [-0.25, -0.2) is 0 Å². The second-order valence-corrected chi connectivity index (χ2v) is 22.4. The lowest BCUT2D eigenvalue weighted by molar-refractivity contribution is 0.339. The van der Waals surface area contributed by atoms with Crippen LogP contribution in [0.2, 0.25) is 0 Å². The highest BCUT2D eigenvalue weighted by molar-refractivity contribution is 7.29. The average Bonchev–Trinajstić information content (AvgIpc) is 3.65. The normalized spacial score (nSPS) is 16.1. The first-order valence-electron chi connectivity index (χ1n) is 22.4. The van der Waals surface area contributed by atoms with E-state index >= 15 is 0 Å². The fourth-order valence-electron chi connectivity index (χ4n) is 10.5. The SMILES string of the molecule is Cc1cc2c3c(c1)N(c1c(-c4ccccc4)cccc1-c1ccccc1)c1ccc(C(C)(C)C)cc1B3c1sc3c(c1N2c1ccc(C(C)(C)C)cc1)C(C)(C)CCC3(C)C. The largest absolute Gasteiger partial charge is 0.310 e. The van der Waals surface area contributed by atoms with Crippen LogP contribution in [0.25, 0.3) is 22.3 Å². The van der Waals surface area contributed by atoms with Gasteiger partial charge in [-0.05, 0) is 116 Å². The molecule has 3 aliphatic rings. The number of thiophene rings is 1. The van der Waals surface area contributed by atoms with E-state index in [1.807, 2.05) is 0 Å². The number of rotatable bonds is 4. The third-order valence-electron chi connectivity index (χ3n) is 14.0. The minimum Gasteiger partial charge on any atom is -0.310 e. The van der Waals surface area contributed by atoms with Crippen molar-refractivity contribution in [2.45, 2.75) is 111 Å². The molecule has 6 aromatic carbocycles. The molecule has 61 heavy (non-hydrogen) atoms. The van der Waals surface area contributed by atoms with Gasteiger partial charge in [0.1, 0.15) is 0 Å². The molecule has 0 amide bonds. The Morgan fingerprint density at radius 3 is 1.66 bits per heavy atom. The van der Waals surface area contributed by atoms with E-state index in [1.54, 1.807) is 10.4 Å². The minimum atomic E-state index is -0.0234. The molecule has 306 valence electrons. The number of hydrogen-bond donors (Lipinski definition) is 0. The molecule has 0 N–H and O–H groups in total. The second-order valence-electron chi connectivity index (χ2n) is 21.4. The van der Waals surface area contributed by atoms with Gasteiger partial charge in [0.2, 0.25) is 0 Å². The summed E-state index contributed by atoms with van der Waals surface area (Å²) in [4.78, 5) is 6.91. The highest BCUT2D eigenvalue weighted by Crippen LogP contribution is 2.57. The third kappa shape index (κ3) is 6.34. The van der Waals surface area contributed by atoms with Crippen LogP contribution in [-0.2, 0) is 21.7 Å². The summed E-state index contributed by atoms with van der Waals surface area (Å²) >= 11 is 2.11. The molecule has 7 aromatic rings. The zero-order valence-electron chi connectivity index (χ0n) is 38.0. The number of hydrogen-bond acceptors (Lipinski definition) is 3. The van der Waals surface area contributed by atoms with Crippen molar-refractivity contribution in [2.75, 3.05) is 9.80 Å². The van der Waals surface area contributed by atoms with Gasteiger partial charge in [0, 0.05) is 43.5 Å². The fourth-order valence-corrected chi connectivity index (χ4v) is 12.2. The molecule has 10 rings (SSSR count). The number of nitrogens with zero attached hydrogens (tertiary/aromatic N) is 2. The topological polar surface area (TPSA) is 6.48 Å². The van der Waals surface area contributed by atoms with Crippen LogP contribution in [0, 0.1) is 6.92 Å². The highest BCUT2D eigenvalue weighted by atomic mass is 32.1. The number of fused-ring (bicyclic) bond motifs is 6. The zero-order chi connectivity index (χ0) is 42.8. The highest BCUT2D eigenvalue weighted by Gasteiger charge is 2.51. The van der Waals surface area contributed by atoms with E-state index < -0.39 is 0 Å². The van der Waals surface area contributed by atoms with Gasteiger partial charge in [-0.1, -0.05) is 172 Å². The monoisotopic (exact) mass is 814 g/mol. The maximum atomic E-state index is 2.70. The van der Waals surface area contributed by atoms with Gasteiger partial charge in [-0.15, -0.1) is 0 Å². The quantitative estimate of drug-likeness (QED) is 0.163. The van der Waals surface area contributed by atoms with Crippen molar-refractivity contribution >= 4 is 67.9 Å². The lowest BCUT2D eigenvalue weighted by Gasteiger charge is -2.46. The van der Waals surface area contributed by atoms with Gasteiger partial charge in [0.05, 0.1) is 11.4 Å². The first-order chi connectivity index (χ1) is 28.9. The van der Waals surface area contributed by atoms with E-state index in [4.69, 9.17) is 0 Å². The summed E-state index contributed by atoms with van der Waals surface area (Å²) < 4.78 is 1.48. The van der Waals surface area contributed by atoms with Crippen LogP contribution in [0.1, 0.15) is 109 Å². The molecule has 1 aliphatic carbocycles. The average molecular weight is 815 g/mol. The summed E-state index contributed by atoms with van der Waals surface area (Å²) in [5.41, 5.74) is 21.0. The Bertz CT molecular complexity index is 2780. The summed E-state index contributed by atoms with van der Waals surface area (Å²) in [6.45, 7) is 26.4. The summed E-state index contributed by atoms with van der Waals surface area (Å²) in [6.07, 6.45) is 2.35. The van der Waals surface area contributed by atoms with Crippen LogP contribution < -0.4 is 25.5 Å². The van der Waals surface area contributed by atoms with E-state index in [2.05, 4.69) is 231 Å². The smallest absolute Gasteiger partial charge is 0.264 e. The Morgan fingerprint density at radius 2 is 1.08 bits per heavy atom. The summed E-state index contributed by atoms with van der Waals surface area (Å²) in [7, 11) is 0. The van der Waals surface area contributed by atoms with Crippen molar-refractivity contribution in [1.82, 2.24) is 0 Å². The standard InChI is InChI=1S/C57H59BN2S/c1-36-33-46-49-47(34-36)60(50-42(37-19-14-12-15-20-37)23-18-24-43(50)38-21-16-13-17-22-38)45-30-27-40(55(5,6)7)35-44(45)58(49)53-51(48-52(61-53)57(10,11)32-31-56(48,8)9)59(46)41-28-25-39(26-29-41)54(2,3)4/h12-30,33-35H,31-32H2,1-11H3. The van der Waals surface area contributed by atoms with E-state index in [9.17, 15) is 0 Å². The Labute approximate surface area is 369 Å². The number of aryl methyl sites for hydroxylation is 1. The Balaban J connectivity index is 1.36. The molecule has 1 aromatic heterocycles. The molecule has 0 radical (unpaired) electrons. The van der Waals surface area contributed by atoms with Crippen LogP contribution in [-0.4, -0.2) is 6.71 Å². The fraction of sp³-hybridized carbons (Fsp3) is 0.298. The lowest BCUT2D eigenvalue weighted by Crippen LogP contribution is -2.61. The van der Waals surface area contributed by atoms with Crippen molar-refractivity contribution in [1.29, 1.82) is 0 Å². The first kappa shape index (κ1) is 39.8. The molecule has 2 aliphatic heterocycles. The predicted octanol–water partition coefficient (Wildman–Crippen LogP) is 14.4. The molecular formula is C57H59BN2S. The van der Waals surface area contributed by atoms with Crippen LogP contribution in [0.3, 0.4) is 0 Å². The molecule has 0 unspecified atom stereocenters. The van der Waals surface area contributed by atoms with Crippen molar-refractivity contribution in [3.63, 3.8) is 0 Å². The zero-order valence-corrected chi connectivity index (χ0v) is 38.8. The van der Waals surface area contributed by atoms with Crippen molar-refractivity contribution in [3.05, 3.63) is 161 Å². The van der Waals surface area contributed by atoms with E-state index in [1.165, 1.54) is 102 Å². The Kier molecular flexibility index (Phi) is 9.03. The van der Waals surface area contributed by atoms with Crippen LogP contribution >= 0.6 is 11.3 Å². The predicted molar refractivity (Wildman–Crippen MR) is 267 cm³/mol. The van der Waals surface area contributed by atoms with E-state index in [0.29, 0.717) is 0 Å². The maximum absolute atomic E-state index is 2.70. The molecule has 3 heterocycles. The lowest BCUT2D eigenvalue weighted by atomic mass is 9.35. The van der Waals surface area contributed by atoms with E-state index in [-0.39, 0.29) is 28.4 Å². The molecule has 0 saturated heterocycles. The molecule has 0 bridgehead atoms. The number of para-hydroxylation sites is 1. The maximum Gasteiger partial charge on any atom is 0.264 e. The van der Waals surface area contributed by atoms with Gasteiger partial charge in [-0.2, -0.15) is 11.3 Å². The Hall–Kier alpha value is -5.32. The van der Waals surface area contributed by atoms with Gasteiger partial charge in [0.15, 0.2) is 0 Å². The molecule has 0 spiro atoms. The number of benzene rings is 6. The van der Waals surface area contributed by atoms with Crippen LogP contribution in [0.15, 0.2) is 133 Å². The van der Waals surface area contributed by atoms with Crippen molar-refractivity contribution in [2.24, 2.45) is 0 Å². The van der Waals surface area contributed by atoms with Crippen LogP contribution in [0.4, 0.5) is 34.1 Å². The molecule has 2 nitrogen and oxygen atoms in total. The van der Waals surface area contributed by atoms with Gasteiger partial charge in [-0.3, -0.25) is 0 Å². The van der Waals surface area contributed by atoms with E-state index in [0.717, 1.165) is 0 Å². The molecule has 0 saturated carbocycles. The summed E-state index contributed by atoms with van der Waals surface area (Å²) in [5.74, 6) is 0. The third-order valence-corrected chi connectivity index (χ3v) is 15.6. The second kappa shape index (κ2) is 13.8. The van der Waals surface area contributed by atoms with Gasteiger partial charge < -0.3 is 9.80 Å². The van der Waals surface area contributed by atoms with Gasteiger partial charge >= 0.3 is 0 Å². The minimum absolute atomic E-state index is 0.0234. The first-order valence-corrected chi connectivity index (χ1v) is 23.2.